The highest BCUT2D eigenvalue weighted by Crippen LogP contribution is 2.53. The topological polar surface area (TPSA) is 179 Å². The number of fused-ring (bicyclic) bond motifs is 1. The second-order valence-corrected chi connectivity index (χ2v) is 22.1. The molecule has 1 spiro atoms. The second-order valence-electron chi connectivity index (χ2n) is 20.4. The number of piperazine rings is 1. The first kappa shape index (κ1) is 45.6. The van der Waals surface area contributed by atoms with Gasteiger partial charge < -0.3 is 24.8 Å². The van der Waals surface area contributed by atoms with E-state index >= 15 is 0 Å². The molecule has 15 nitrogen and oxygen atoms in total. The number of hydrogen-bond donors (Lipinski definition) is 3. The molecule has 9 rings (SSSR count). The van der Waals surface area contributed by atoms with E-state index in [9.17, 15) is 23.3 Å². The molecule has 2 aliphatic heterocycles. The second kappa shape index (κ2) is 18.2. The molecule has 0 unspecified atom stereocenters. The van der Waals surface area contributed by atoms with Crippen LogP contribution in [0.15, 0.2) is 84.1 Å². The van der Waals surface area contributed by atoms with Crippen LogP contribution in [-0.2, 0) is 10.0 Å². The normalized spacial score (nSPS) is 20.6. The van der Waals surface area contributed by atoms with Crippen molar-refractivity contribution in [2.24, 2.45) is 16.7 Å². The number of benzene rings is 2. The van der Waals surface area contributed by atoms with Gasteiger partial charge in [0, 0.05) is 80.8 Å². The van der Waals surface area contributed by atoms with Crippen LogP contribution in [0.3, 0.4) is 0 Å². The summed E-state index contributed by atoms with van der Waals surface area (Å²) < 4.78 is 36.0. The highest BCUT2D eigenvalue weighted by molar-refractivity contribution is 7.90. The van der Waals surface area contributed by atoms with Crippen LogP contribution in [0, 0.1) is 26.9 Å². The number of rotatable bonds is 13. The van der Waals surface area contributed by atoms with Crippen molar-refractivity contribution in [3.05, 3.63) is 106 Å². The van der Waals surface area contributed by atoms with Crippen molar-refractivity contribution in [2.45, 2.75) is 102 Å². The van der Waals surface area contributed by atoms with Gasteiger partial charge in [0.25, 0.3) is 15.9 Å². The van der Waals surface area contributed by atoms with Gasteiger partial charge in [-0.1, -0.05) is 52.0 Å². The quantitative estimate of drug-likeness (QED) is 0.0754. The fourth-order valence-electron chi connectivity index (χ4n) is 10.9. The zero-order valence-electron chi connectivity index (χ0n) is 38.8. The van der Waals surface area contributed by atoms with Crippen molar-refractivity contribution >= 4 is 44.2 Å². The third-order valence-electron chi connectivity index (χ3n) is 15.0. The maximum atomic E-state index is 14.0. The number of amides is 1. The number of nitrogens with zero attached hydrogens (tertiary/aromatic N) is 6. The van der Waals surface area contributed by atoms with E-state index in [0.717, 1.165) is 94.6 Å². The van der Waals surface area contributed by atoms with Crippen LogP contribution in [-0.4, -0.2) is 96.4 Å². The molecule has 5 aromatic rings. The standard InChI is InChI=1S/C50H63N9O6S/c1-33(2)40-8-6-7-9-41(40)44-32-56(5)22-23-58(44)37-27-50(28-37)17-20-57(21-18-50)36-10-11-42(45(25-36)65-38-24-35-14-19-51-46(35)53-30-38)48(60)55-66(63,64)39-26-43(59(61)62)47(54-31-39)52-29-34-12-15-49(3,4)16-13-34/h6-11,14,19,24-26,30-31,33-34,37,44H,12-13,15-18,20-23,27-29,32H2,1-5H3,(H,51,53)(H,52,54)(H,55,60)/t44-/m0/s1. The Bertz CT molecular complexity index is 2700. The molecule has 2 saturated carbocycles. The van der Waals surface area contributed by atoms with E-state index in [4.69, 9.17) is 4.74 Å². The number of ether oxygens (including phenoxy) is 1. The maximum absolute atomic E-state index is 14.0. The number of nitrogens with one attached hydrogen (secondary N) is 3. The van der Waals surface area contributed by atoms with E-state index in [1.165, 1.54) is 24.0 Å². The van der Waals surface area contributed by atoms with Gasteiger partial charge in [-0.25, -0.2) is 23.1 Å². The lowest BCUT2D eigenvalue weighted by molar-refractivity contribution is -0.384. The van der Waals surface area contributed by atoms with Crippen LogP contribution in [0.5, 0.6) is 11.5 Å². The van der Waals surface area contributed by atoms with E-state index < -0.39 is 31.4 Å². The molecular weight excluding hydrogens is 855 g/mol. The minimum Gasteiger partial charge on any atom is -0.455 e. The largest absolute Gasteiger partial charge is 0.455 e. The molecule has 3 aromatic heterocycles. The van der Waals surface area contributed by atoms with E-state index in [1.807, 2.05) is 12.1 Å². The number of hydrogen-bond acceptors (Lipinski definition) is 12. The molecule has 5 heterocycles. The predicted octanol–water partition coefficient (Wildman–Crippen LogP) is 9.27. The fraction of sp³-hybridized carbons (Fsp3) is 0.500. The van der Waals surface area contributed by atoms with Crippen LogP contribution >= 0.6 is 0 Å². The van der Waals surface area contributed by atoms with Gasteiger partial charge >= 0.3 is 5.69 Å². The van der Waals surface area contributed by atoms with Gasteiger partial charge in [0.05, 0.1) is 22.9 Å². The molecule has 16 heteroatoms. The number of aromatic nitrogens is 3. The molecule has 2 aliphatic carbocycles. The number of aromatic amines is 1. The lowest BCUT2D eigenvalue weighted by Gasteiger charge is -2.58. The van der Waals surface area contributed by atoms with E-state index in [-0.39, 0.29) is 28.0 Å². The Morgan fingerprint density at radius 2 is 1.73 bits per heavy atom. The van der Waals surface area contributed by atoms with Gasteiger partial charge in [-0.05, 0) is 116 Å². The zero-order valence-corrected chi connectivity index (χ0v) is 39.6. The van der Waals surface area contributed by atoms with Crippen LogP contribution in [0.4, 0.5) is 17.2 Å². The number of piperidine rings is 1. The molecule has 350 valence electrons. The Morgan fingerprint density at radius 3 is 2.47 bits per heavy atom. The minimum absolute atomic E-state index is 0.0120. The van der Waals surface area contributed by atoms with Crippen molar-refractivity contribution in [2.75, 3.05) is 56.5 Å². The summed E-state index contributed by atoms with van der Waals surface area (Å²) in [5, 5.41) is 16.1. The van der Waals surface area contributed by atoms with Crippen LogP contribution < -0.4 is 19.7 Å². The third kappa shape index (κ3) is 9.63. The fourth-order valence-corrected chi connectivity index (χ4v) is 11.8. The molecule has 0 bridgehead atoms. The Kier molecular flexibility index (Phi) is 12.6. The average molecular weight is 918 g/mol. The monoisotopic (exact) mass is 917 g/mol. The summed E-state index contributed by atoms with van der Waals surface area (Å²) >= 11 is 0. The molecule has 2 aromatic carbocycles. The van der Waals surface area contributed by atoms with Gasteiger partial charge in [0.1, 0.15) is 22.0 Å². The average Bonchev–Trinajstić information content (AvgIpc) is 3.76. The maximum Gasteiger partial charge on any atom is 0.312 e. The first-order valence-electron chi connectivity index (χ1n) is 23.5. The van der Waals surface area contributed by atoms with Crippen LogP contribution in [0.1, 0.15) is 113 Å². The Morgan fingerprint density at radius 1 is 0.970 bits per heavy atom. The highest BCUT2D eigenvalue weighted by atomic mass is 32.2. The minimum atomic E-state index is -4.60. The first-order valence-corrected chi connectivity index (χ1v) is 25.0. The van der Waals surface area contributed by atoms with Gasteiger partial charge in [-0.2, -0.15) is 0 Å². The molecule has 1 atom stereocenters. The number of nitro groups is 1. The van der Waals surface area contributed by atoms with Gasteiger partial charge in [0.15, 0.2) is 0 Å². The summed E-state index contributed by atoms with van der Waals surface area (Å²) in [6.07, 6.45) is 12.9. The van der Waals surface area contributed by atoms with Crippen molar-refractivity contribution in [1.82, 2.24) is 29.5 Å². The Labute approximate surface area is 387 Å². The molecule has 4 aliphatic rings. The third-order valence-corrected chi connectivity index (χ3v) is 16.3. The van der Waals surface area contributed by atoms with Crippen LogP contribution in [0.2, 0.25) is 0 Å². The summed E-state index contributed by atoms with van der Waals surface area (Å²) in [6.45, 7) is 14.4. The summed E-state index contributed by atoms with van der Waals surface area (Å²) in [4.78, 5) is 44.3. The Balaban J connectivity index is 0.899. The summed E-state index contributed by atoms with van der Waals surface area (Å²) in [7, 11) is -2.37. The molecule has 3 N–H and O–H groups in total. The van der Waals surface area contributed by atoms with Crippen molar-refractivity contribution in [3.63, 3.8) is 0 Å². The van der Waals surface area contributed by atoms with E-state index in [0.29, 0.717) is 41.9 Å². The molecule has 2 saturated heterocycles. The number of H-pyrrole nitrogens is 1. The first-order chi connectivity index (χ1) is 31.6. The number of carbonyl (C=O) groups is 1. The van der Waals surface area contributed by atoms with Crippen LogP contribution in [0.25, 0.3) is 11.0 Å². The lowest BCUT2D eigenvalue weighted by Crippen LogP contribution is -2.59. The summed E-state index contributed by atoms with van der Waals surface area (Å²) in [5.41, 5.74) is 4.48. The lowest BCUT2D eigenvalue weighted by atomic mass is 9.59. The number of sulfonamides is 1. The summed E-state index contributed by atoms with van der Waals surface area (Å²) in [5.74, 6) is 0.349. The van der Waals surface area contributed by atoms with Crippen molar-refractivity contribution < 1.29 is 22.9 Å². The van der Waals surface area contributed by atoms with Gasteiger partial charge in [0.2, 0.25) is 5.82 Å². The zero-order chi connectivity index (χ0) is 46.4. The number of carbonyl (C=O) groups excluding carboxylic acids is 1. The van der Waals surface area contributed by atoms with Gasteiger partial charge in [-0.3, -0.25) is 19.8 Å². The highest BCUT2D eigenvalue weighted by Gasteiger charge is 2.50. The van der Waals surface area contributed by atoms with Crippen molar-refractivity contribution in [1.29, 1.82) is 0 Å². The molecular formula is C50H63N9O6S. The predicted molar refractivity (Wildman–Crippen MR) is 257 cm³/mol. The molecule has 0 radical (unpaired) electrons. The molecule has 66 heavy (non-hydrogen) atoms. The van der Waals surface area contributed by atoms with Crippen molar-refractivity contribution in [3.8, 4) is 11.5 Å². The Hall–Kier alpha value is -5.58. The smallest absolute Gasteiger partial charge is 0.312 e. The SMILES string of the molecule is CC(C)c1ccccc1[C@@H]1CN(C)CCN1C1CC2(CCN(c3ccc(C(=O)NS(=O)(=O)c4cnc(NCC5CCC(C)(C)CC5)c([N+](=O)[O-])c4)c(Oc4cnc5[nH]ccc5c4)c3)CC2)C1. The molecule has 1 amide bonds. The van der Waals surface area contributed by atoms with E-state index in [1.54, 1.807) is 30.6 Å². The van der Waals surface area contributed by atoms with E-state index in [2.05, 4.69) is 98.7 Å². The number of anilines is 2. The summed E-state index contributed by atoms with van der Waals surface area (Å²) in [6, 6.07) is 19.7. The number of likely N-dealkylation sites (N-methyl/N-ethyl adjacent to an activating group) is 1. The molecule has 4 fully saturated rings. The number of pyridine rings is 2. The van der Waals surface area contributed by atoms with Gasteiger partial charge in [-0.15, -0.1) is 0 Å².